The van der Waals surface area contributed by atoms with Gasteiger partial charge in [0.25, 0.3) is 21.6 Å². The van der Waals surface area contributed by atoms with Gasteiger partial charge in [-0.05, 0) is 24.3 Å². The average molecular weight is 356 g/mol. The fourth-order valence-corrected chi connectivity index (χ4v) is 2.71. The standard InChI is InChI=1S/C13H10ClN3O5S/c14-10-4-1-3-9(7-10)13(18)15-16-23(21,22)12-6-2-5-11(8-12)17(19)20/h1-8,16H,(H,15,18). The maximum absolute atomic E-state index is 12.0. The Morgan fingerprint density at radius 2 is 1.83 bits per heavy atom. The van der Waals surface area contributed by atoms with Crippen LogP contribution in [0.3, 0.4) is 0 Å². The minimum atomic E-state index is -4.15. The van der Waals surface area contributed by atoms with E-state index in [1.54, 1.807) is 6.07 Å². The zero-order chi connectivity index (χ0) is 17.0. The third-order valence-corrected chi connectivity index (χ3v) is 4.20. The molecule has 0 aliphatic carbocycles. The van der Waals surface area contributed by atoms with Crippen molar-refractivity contribution in [3.05, 3.63) is 69.2 Å². The van der Waals surface area contributed by atoms with Gasteiger partial charge < -0.3 is 0 Å². The van der Waals surface area contributed by atoms with Gasteiger partial charge in [0.1, 0.15) is 0 Å². The molecule has 2 rings (SSSR count). The topological polar surface area (TPSA) is 118 Å². The molecule has 8 nitrogen and oxygen atoms in total. The van der Waals surface area contributed by atoms with E-state index in [1.807, 2.05) is 10.3 Å². The normalized spacial score (nSPS) is 11.0. The Bertz CT molecular complexity index is 869. The van der Waals surface area contributed by atoms with Crippen molar-refractivity contribution in [1.29, 1.82) is 0 Å². The smallest absolute Gasteiger partial charge is 0.270 e. The lowest BCUT2D eigenvalue weighted by atomic mass is 10.2. The zero-order valence-electron chi connectivity index (χ0n) is 11.4. The molecule has 0 atom stereocenters. The fourth-order valence-electron chi connectivity index (χ4n) is 1.64. The molecular formula is C13H10ClN3O5S. The monoisotopic (exact) mass is 355 g/mol. The summed E-state index contributed by atoms with van der Waals surface area (Å²) in [5, 5.41) is 11.0. The number of halogens is 1. The van der Waals surface area contributed by atoms with Crippen LogP contribution >= 0.6 is 11.6 Å². The Morgan fingerprint density at radius 1 is 1.13 bits per heavy atom. The molecular weight excluding hydrogens is 346 g/mol. The van der Waals surface area contributed by atoms with Crippen LogP contribution in [0.4, 0.5) is 5.69 Å². The van der Waals surface area contributed by atoms with Crippen molar-refractivity contribution >= 4 is 33.2 Å². The quantitative estimate of drug-likeness (QED) is 0.627. The van der Waals surface area contributed by atoms with Crippen LogP contribution in [0.1, 0.15) is 10.4 Å². The van der Waals surface area contributed by atoms with Crippen LogP contribution in [0.15, 0.2) is 53.4 Å². The van der Waals surface area contributed by atoms with Gasteiger partial charge >= 0.3 is 0 Å². The second-order valence-electron chi connectivity index (χ2n) is 4.32. The number of nitro groups is 1. The molecule has 0 fully saturated rings. The number of nitrogens with zero attached hydrogens (tertiary/aromatic N) is 1. The summed E-state index contributed by atoms with van der Waals surface area (Å²) in [6, 6.07) is 10.3. The third-order valence-electron chi connectivity index (χ3n) is 2.72. The van der Waals surface area contributed by atoms with E-state index in [1.165, 1.54) is 30.3 Å². The molecule has 120 valence electrons. The maximum Gasteiger partial charge on any atom is 0.270 e. The van der Waals surface area contributed by atoms with E-state index in [2.05, 4.69) is 0 Å². The largest absolute Gasteiger partial charge is 0.273 e. The number of carbonyl (C=O) groups excluding carboxylic acids is 1. The predicted molar refractivity (Wildman–Crippen MR) is 82.3 cm³/mol. The van der Waals surface area contributed by atoms with Crippen molar-refractivity contribution in [3.8, 4) is 0 Å². The number of nitrogens with one attached hydrogen (secondary N) is 2. The number of hydrogen-bond acceptors (Lipinski definition) is 5. The molecule has 0 saturated heterocycles. The second-order valence-corrected chi connectivity index (χ2v) is 6.44. The summed E-state index contributed by atoms with van der Waals surface area (Å²) < 4.78 is 24.1. The molecule has 2 aromatic carbocycles. The first-order valence-electron chi connectivity index (χ1n) is 6.12. The van der Waals surface area contributed by atoms with Crippen molar-refractivity contribution < 1.29 is 18.1 Å². The van der Waals surface area contributed by atoms with Crippen molar-refractivity contribution in [3.63, 3.8) is 0 Å². The Hall–Kier alpha value is -2.49. The lowest BCUT2D eigenvalue weighted by molar-refractivity contribution is -0.385. The molecule has 0 heterocycles. The van der Waals surface area contributed by atoms with Crippen LogP contribution in [0.25, 0.3) is 0 Å². The maximum atomic E-state index is 12.0. The van der Waals surface area contributed by atoms with Gasteiger partial charge in [-0.25, -0.2) is 8.42 Å². The molecule has 1 amide bonds. The van der Waals surface area contributed by atoms with Gasteiger partial charge in [-0.2, -0.15) is 0 Å². The second kappa shape index (κ2) is 6.73. The highest BCUT2D eigenvalue weighted by Crippen LogP contribution is 2.17. The summed E-state index contributed by atoms with van der Waals surface area (Å²) in [7, 11) is -4.15. The van der Waals surface area contributed by atoms with Crippen LogP contribution in [-0.4, -0.2) is 19.2 Å². The number of amides is 1. The SMILES string of the molecule is O=C(NNS(=O)(=O)c1cccc([N+](=O)[O-])c1)c1cccc(Cl)c1. The van der Waals surface area contributed by atoms with Crippen molar-refractivity contribution in [1.82, 2.24) is 10.3 Å². The summed E-state index contributed by atoms with van der Waals surface area (Å²) >= 11 is 5.74. The van der Waals surface area contributed by atoms with E-state index in [0.717, 1.165) is 12.1 Å². The number of benzene rings is 2. The van der Waals surface area contributed by atoms with E-state index in [0.29, 0.717) is 5.02 Å². The fraction of sp³-hybridized carbons (Fsp3) is 0. The lowest BCUT2D eigenvalue weighted by Crippen LogP contribution is -2.41. The molecule has 10 heteroatoms. The lowest BCUT2D eigenvalue weighted by Gasteiger charge is -2.08. The number of hydrazine groups is 1. The average Bonchev–Trinajstić information content (AvgIpc) is 2.52. The third kappa shape index (κ3) is 4.25. The first-order chi connectivity index (χ1) is 10.8. The minimum absolute atomic E-state index is 0.152. The molecule has 0 unspecified atom stereocenters. The number of carbonyl (C=O) groups is 1. The molecule has 23 heavy (non-hydrogen) atoms. The highest BCUT2D eigenvalue weighted by atomic mass is 35.5. The zero-order valence-corrected chi connectivity index (χ0v) is 13.0. The summed E-state index contributed by atoms with van der Waals surface area (Å²) in [5.41, 5.74) is 1.78. The first kappa shape index (κ1) is 16.9. The minimum Gasteiger partial charge on any atom is -0.273 e. The Labute approximate surface area is 136 Å². The van der Waals surface area contributed by atoms with Crippen LogP contribution in [0, 0.1) is 10.1 Å². The summed E-state index contributed by atoms with van der Waals surface area (Å²) in [6.07, 6.45) is 0. The van der Waals surface area contributed by atoms with E-state index in [-0.39, 0.29) is 16.1 Å². The molecule has 0 radical (unpaired) electrons. The number of hydrogen-bond donors (Lipinski definition) is 2. The van der Waals surface area contributed by atoms with Gasteiger partial charge in [-0.15, -0.1) is 4.83 Å². The highest BCUT2D eigenvalue weighted by molar-refractivity contribution is 7.89. The molecule has 0 bridgehead atoms. The summed E-state index contributed by atoms with van der Waals surface area (Å²) in [6.45, 7) is 0. The van der Waals surface area contributed by atoms with Crippen LogP contribution < -0.4 is 10.3 Å². The van der Waals surface area contributed by atoms with E-state index >= 15 is 0 Å². The molecule has 2 N–H and O–H groups in total. The van der Waals surface area contributed by atoms with Crippen molar-refractivity contribution in [2.75, 3.05) is 0 Å². The Kier molecular flexibility index (Phi) is 4.94. The van der Waals surface area contributed by atoms with E-state index in [4.69, 9.17) is 11.6 Å². The summed E-state index contributed by atoms with van der Waals surface area (Å²) in [5.74, 6) is -0.721. The van der Waals surface area contributed by atoms with Gasteiger partial charge in [0.15, 0.2) is 0 Å². The molecule has 0 spiro atoms. The molecule has 0 aliphatic heterocycles. The molecule has 0 aliphatic rings. The van der Waals surface area contributed by atoms with Crippen LogP contribution in [-0.2, 0) is 10.0 Å². The Morgan fingerprint density at radius 3 is 2.48 bits per heavy atom. The number of rotatable bonds is 5. The van der Waals surface area contributed by atoms with E-state index < -0.39 is 20.9 Å². The van der Waals surface area contributed by atoms with Crippen LogP contribution in [0.2, 0.25) is 5.02 Å². The first-order valence-corrected chi connectivity index (χ1v) is 7.98. The van der Waals surface area contributed by atoms with Gasteiger partial charge in [-0.1, -0.05) is 23.7 Å². The number of non-ortho nitro benzene ring substituents is 1. The van der Waals surface area contributed by atoms with Gasteiger partial charge in [0.2, 0.25) is 0 Å². The molecule has 0 saturated carbocycles. The van der Waals surface area contributed by atoms with E-state index in [9.17, 15) is 23.3 Å². The number of nitro benzene ring substituents is 1. The van der Waals surface area contributed by atoms with Crippen LogP contribution in [0.5, 0.6) is 0 Å². The van der Waals surface area contributed by atoms with Crippen molar-refractivity contribution in [2.45, 2.75) is 4.90 Å². The highest BCUT2D eigenvalue weighted by Gasteiger charge is 2.18. The number of sulfonamides is 1. The van der Waals surface area contributed by atoms with Crippen molar-refractivity contribution in [2.24, 2.45) is 0 Å². The molecule has 2 aromatic rings. The predicted octanol–water partition coefficient (Wildman–Crippen LogP) is 1.87. The Balaban J connectivity index is 2.14. The van der Waals surface area contributed by atoms with Gasteiger partial charge in [0.05, 0.1) is 9.82 Å². The molecule has 0 aromatic heterocycles. The van der Waals surface area contributed by atoms with Gasteiger partial charge in [0, 0.05) is 22.7 Å². The van der Waals surface area contributed by atoms with Gasteiger partial charge in [-0.3, -0.25) is 20.3 Å². The summed E-state index contributed by atoms with van der Waals surface area (Å²) in [4.78, 5) is 23.3.